The van der Waals surface area contributed by atoms with Gasteiger partial charge in [0.05, 0.1) is 11.9 Å². The molecule has 1 amide bonds. The smallest absolute Gasteiger partial charge is 0.274 e. The van der Waals surface area contributed by atoms with Gasteiger partial charge in [-0.3, -0.25) is 4.79 Å². The Hall–Kier alpha value is -2.62. The van der Waals surface area contributed by atoms with Crippen molar-refractivity contribution < 1.29 is 4.79 Å². The van der Waals surface area contributed by atoms with Crippen molar-refractivity contribution in [1.82, 2.24) is 4.98 Å². The minimum Gasteiger partial charge on any atom is -0.380 e. The topological polar surface area (TPSA) is 54.0 Å². The average molecular weight is 337 g/mol. The molecule has 2 aromatic rings. The van der Waals surface area contributed by atoms with Gasteiger partial charge < -0.3 is 10.6 Å². The summed E-state index contributed by atoms with van der Waals surface area (Å²) in [5, 5.41) is 6.23. The van der Waals surface area contributed by atoms with Gasteiger partial charge in [0.1, 0.15) is 5.69 Å². The highest BCUT2D eigenvalue weighted by Gasteiger charge is 2.17. The Morgan fingerprint density at radius 3 is 2.24 bits per heavy atom. The number of hydrogen-bond acceptors (Lipinski definition) is 3. The highest BCUT2D eigenvalue weighted by Crippen LogP contribution is 2.32. The SMILES string of the molecule is C=CCNc1ccc(C(=O)Nc2c(C(C)C)cccc2C(C)C)nc1. The molecule has 0 bridgehead atoms. The average Bonchev–Trinajstić information content (AvgIpc) is 2.60. The number of carbonyl (C=O) groups is 1. The molecule has 0 atom stereocenters. The Bertz CT molecular complexity index is 707. The summed E-state index contributed by atoms with van der Waals surface area (Å²) in [4.78, 5) is 16.9. The standard InChI is InChI=1S/C21H27N3O/c1-6-12-22-16-10-11-19(23-13-16)21(25)24-20-17(14(2)3)8-7-9-18(20)15(4)5/h6-11,13-15,22H,1,12H2,2-5H3,(H,24,25). The van der Waals surface area contributed by atoms with E-state index in [9.17, 15) is 4.79 Å². The first kappa shape index (κ1) is 18.7. The first-order chi connectivity index (χ1) is 11.9. The molecule has 0 saturated heterocycles. The van der Waals surface area contributed by atoms with Crippen LogP contribution in [0.3, 0.4) is 0 Å². The quantitative estimate of drug-likeness (QED) is 0.685. The summed E-state index contributed by atoms with van der Waals surface area (Å²) in [6.45, 7) is 12.9. The third-order valence-corrected chi connectivity index (χ3v) is 4.06. The number of pyridine rings is 1. The summed E-state index contributed by atoms with van der Waals surface area (Å²) in [6, 6.07) is 9.78. The molecule has 0 aliphatic carbocycles. The monoisotopic (exact) mass is 337 g/mol. The van der Waals surface area contributed by atoms with E-state index in [1.807, 2.05) is 6.07 Å². The molecule has 0 radical (unpaired) electrons. The first-order valence-corrected chi connectivity index (χ1v) is 8.69. The Balaban J connectivity index is 2.26. The molecule has 2 rings (SSSR count). The van der Waals surface area contributed by atoms with Crippen molar-refractivity contribution in [3.63, 3.8) is 0 Å². The fourth-order valence-electron chi connectivity index (χ4n) is 2.70. The number of anilines is 2. The van der Waals surface area contributed by atoms with Crippen molar-refractivity contribution in [3.8, 4) is 0 Å². The molecular formula is C21H27N3O. The van der Waals surface area contributed by atoms with Crippen molar-refractivity contribution in [2.45, 2.75) is 39.5 Å². The molecule has 4 heteroatoms. The van der Waals surface area contributed by atoms with Crippen LogP contribution in [0.15, 0.2) is 49.2 Å². The molecule has 0 aliphatic heterocycles. The van der Waals surface area contributed by atoms with Crippen LogP contribution in [-0.2, 0) is 0 Å². The lowest BCUT2D eigenvalue weighted by atomic mass is 9.92. The van der Waals surface area contributed by atoms with Crippen LogP contribution in [0.25, 0.3) is 0 Å². The molecule has 0 spiro atoms. The molecule has 0 unspecified atom stereocenters. The predicted molar refractivity (Wildman–Crippen MR) is 105 cm³/mol. The number of nitrogens with one attached hydrogen (secondary N) is 2. The third kappa shape index (κ3) is 4.69. The van der Waals surface area contributed by atoms with Crippen LogP contribution < -0.4 is 10.6 Å². The van der Waals surface area contributed by atoms with Crippen molar-refractivity contribution in [2.75, 3.05) is 17.2 Å². The molecule has 0 fully saturated rings. The molecule has 1 aromatic heterocycles. The van der Waals surface area contributed by atoms with Gasteiger partial charge >= 0.3 is 0 Å². The van der Waals surface area contributed by atoms with Gasteiger partial charge in [-0.15, -0.1) is 6.58 Å². The Morgan fingerprint density at radius 2 is 1.76 bits per heavy atom. The highest BCUT2D eigenvalue weighted by molar-refractivity contribution is 6.04. The van der Waals surface area contributed by atoms with Crippen LogP contribution in [0.5, 0.6) is 0 Å². The van der Waals surface area contributed by atoms with E-state index in [4.69, 9.17) is 0 Å². The Labute approximate surface area is 150 Å². The maximum atomic E-state index is 12.7. The fourth-order valence-corrected chi connectivity index (χ4v) is 2.70. The van der Waals surface area contributed by atoms with Crippen LogP contribution >= 0.6 is 0 Å². The summed E-state index contributed by atoms with van der Waals surface area (Å²) >= 11 is 0. The second-order valence-electron chi connectivity index (χ2n) is 6.68. The molecule has 4 nitrogen and oxygen atoms in total. The molecule has 0 saturated carbocycles. The van der Waals surface area contributed by atoms with Gasteiger partial charge in [-0.25, -0.2) is 4.98 Å². The van der Waals surface area contributed by atoms with Gasteiger partial charge in [-0.2, -0.15) is 0 Å². The number of benzene rings is 1. The molecule has 1 aromatic carbocycles. The van der Waals surface area contributed by atoms with Crippen LogP contribution in [-0.4, -0.2) is 17.4 Å². The van der Waals surface area contributed by atoms with Crippen LogP contribution in [0.2, 0.25) is 0 Å². The number of carbonyl (C=O) groups excluding carboxylic acids is 1. The lowest BCUT2D eigenvalue weighted by Gasteiger charge is -2.20. The molecule has 2 N–H and O–H groups in total. The van der Waals surface area contributed by atoms with E-state index in [-0.39, 0.29) is 5.91 Å². The van der Waals surface area contributed by atoms with E-state index >= 15 is 0 Å². The van der Waals surface area contributed by atoms with E-state index in [0.29, 0.717) is 24.1 Å². The molecular weight excluding hydrogens is 310 g/mol. The van der Waals surface area contributed by atoms with Crippen molar-refractivity contribution in [3.05, 3.63) is 66.0 Å². The number of rotatable bonds is 7. The van der Waals surface area contributed by atoms with Crippen LogP contribution in [0.1, 0.15) is 61.1 Å². The molecule has 1 heterocycles. The van der Waals surface area contributed by atoms with Gasteiger partial charge in [-0.1, -0.05) is 52.0 Å². The van der Waals surface area contributed by atoms with Crippen molar-refractivity contribution >= 4 is 17.3 Å². The van der Waals surface area contributed by atoms with Gasteiger partial charge in [0, 0.05) is 12.2 Å². The molecule has 132 valence electrons. The van der Waals surface area contributed by atoms with Crippen LogP contribution in [0, 0.1) is 0 Å². The van der Waals surface area contributed by atoms with E-state index < -0.39 is 0 Å². The number of nitrogens with zero attached hydrogens (tertiary/aromatic N) is 1. The molecule has 25 heavy (non-hydrogen) atoms. The van der Waals surface area contributed by atoms with Gasteiger partial charge in [0.2, 0.25) is 0 Å². The molecule has 0 aliphatic rings. The fraction of sp³-hybridized carbons (Fsp3) is 0.333. The van der Waals surface area contributed by atoms with E-state index in [0.717, 1.165) is 22.5 Å². The lowest BCUT2D eigenvalue weighted by molar-refractivity contribution is 0.102. The zero-order valence-electron chi connectivity index (χ0n) is 15.5. The second kappa shape index (κ2) is 8.47. The third-order valence-electron chi connectivity index (χ3n) is 4.06. The summed E-state index contributed by atoms with van der Waals surface area (Å²) < 4.78 is 0. The van der Waals surface area contributed by atoms with Crippen molar-refractivity contribution in [2.24, 2.45) is 0 Å². The minimum absolute atomic E-state index is 0.190. The highest BCUT2D eigenvalue weighted by atomic mass is 16.1. The number of hydrogen-bond donors (Lipinski definition) is 2. The first-order valence-electron chi connectivity index (χ1n) is 8.69. The van der Waals surface area contributed by atoms with Crippen LogP contribution in [0.4, 0.5) is 11.4 Å². The lowest BCUT2D eigenvalue weighted by Crippen LogP contribution is -2.17. The minimum atomic E-state index is -0.190. The zero-order chi connectivity index (χ0) is 18.4. The second-order valence-corrected chi connectivity index (χ2v) is 6.68. The van der Waals surface area contributed by atoms with Gasteiger partial charge in [0.15, 0.2) is 0 Å². The zero-order valence-corrected chi connectivity index (χ0v) is 15.5. The van der Waals surface area contributed by atoms with E-state index in [1.165, 1.54) is 0 Å². The van der Waals surface area contributed by atoms with Gasteiger partial charge in [0.25, 0.3) is 5.91 Å². The maximum Gasteiger partial charge on any atom is 0.274 e. The van der Waals surface area contributed by atoms with E-state index in [2.05, 4.69) is 68.1 Å². The summed E-state index contributed by atoms with van der Waals surface area (Å²) in [7, 11) is 0. The van der Waals surface area contributed by atoms with Crippen molar-refractivity contribution in [1.29, 1.82) is 0 Å². The Kier molecular flexibility index (Phi) is 6.34. The normalized spacial score (nSPS) is 10.8. The van der Waals surface area contributed by atoms with E-state index in [1.54, 1.807) is 18.3 Å². The number of amides is 1. The van der Waals surface area contributed by atoms with Gasteiger partial charge in [-0.05, 0) is 35.1 Å². The summed E-state index contributed by atoms with van der Waals surface area (Å²) in [6.07, 6.45) is 3.44. The number of para-hydroxylation sites is 1. The summed E-state index contributed by atoms with van der Waals surface area (Å²) in [5.41, 5.74) is 4.46. The predicted octanol–water partition coefficient (Wildman–Crippen LogP) is 5.18. The number of aromatic nitrogens is 1. The largest absolute Gasteiger partial charge is 0.380 e. The Morgan fingerprint density at radius 1 is 1.12 bits per heavy atom. The maximum absolute atomic E-state index is 12.7. The summed E-state index contributed by atoms with van der Waals surface area (Å²) in [5.74, 6) is 0.463.